The molecule has 0 aliphatic rings. The van der Waals surface area contributed by atoms with E-state index in [0.717, 1.165) is 5.56 Å². The van der Waals surface area contributed by atoms with Gasteiger partial charge in [-0.05, 0) is 18.9 Å². The summed E-state index contributed by atoms with van der Waals surface area (Å²) in [7, 11) is 0. The van der Waals surface area contributed by atoms with Crippen LogP contribution in [0.15, 0.2) is 16.7 Å². The number of amides is 1. The lowest BCUT2D eigenvalue weighted by Gasteiger charge is -2.15. The minimum Gasteiger partial charge on any atom is -0.459 e. The van der Waals surface area contributed by atoms with Crippen LogP contribution in [-0.2, 0) is 0 Å². The molecule has 1 amide bonds. The molecule has 1 aromatic heterocycles. The molecule has 0 aromatic carbocycles. The lowest BCUT2D eigenvalue weighted by molar-refractivity contribution is 0.0920. The van der Waals surface area contributed by atoms with Crippen LogP contribution in [0.1, 0.15) is 30.0 Å². The lowest BCUT2D eigenvalue weighted by Crippen LogP contribution is -2.40. The fraction of sp³-hybridized carbons (Fsp3) is 0.545. The van der Waals surface area contributed by atoms with Crippen LogP contribution in [0.5, 0.6) is 0 Å². The molecule has 0 aliphatic heterocycles. The first kappa shape index (κ1) is 11.8. The molecule has 0 saturated heterocycles. The van der Waals surface area contributed by atoms with E-state index in [4.69, 9.17) is 10.2 Å². The van der Waals surface area contributed by atoms with Gasteiger partial charge in [-0.3, -0.25) is 4.79 Å². The van der Waals surface area contributed by atoms with Crippen molar-refractivity contribution in [2.24, 2.45) is 11.7 Å². The fourth-order valence-corrected chi connectivity index (χ4v) is 1.13. The Morgan fingerprint density at radius 3 is 2.73 bits per heavy atom. The molecule has 1 heterocycles. The third kappa shape index (κ3) is 3.09. The van der Waals surface area contributed by atoms with Crippen molar-refractivity contribution in [1.29, 1.82) is 0 Å². The van der Waals surface area contributed by atoms with Gasteiger partial charge in [-0.1, -0.05) is 13.8 Å². The highest BCUT2D eigenvalue weighted by atomic mass is 16.3. The van der Waals surface area contributed by atoms with Crippen LogP contribution < -0.4 is 11.1 Å². The van der Waals surface area contributed by atoms with E-state index in [1.165, 1.54) is 6.26 Å². The number of carbonyl (C=O) groups excluding carboxylic acids is 1. The number of rotatable bonds is 4. The van der Waals surface area contributed by atoms with Gasteiger partial charge in [0, 0.05) is 18.2 Å². The number of carbonyl (C=O) groups is 1. The van der Waals surface area contributed by atoms with Crippen LogP contribution in [0, 0.1) is 12.8 Å². The summed E-state index contributed by atoms with van der Waals surface area (Å²) in [5.41, 5.74) is 6.65. The quantitative estimate of drug-likeness (QED) is 0.787. The highest BCUT2D eigenvalue weighted by molar-refractivity contribution is 5.92. The normalized spacial score (nSPS) is 12.9. The van der Waals surface area contributed by atoms with E-state index < -0.39 is 0 Å². The van der Waals surface area contributed by atoms with E-state index in [0.29, 0.717) is 18.2 Å². The molecule has 1 aromatic rings. The van der Waals surface area contributed by atoms with Crippen LogP contribution in [0.25, 0.3) is 0 Å². The zero-order valence-electron chi connectivity index (χ0n) is 9.41. The molecule has 0 bridgehead atoms. The topological polar surface area (TPSA) is 68.3 Å². The van der Waals surface area contributed by atoms with Gasteiger partial charge in [0.1, 0.15) is 0 Å². The van der Waals surface area contributed by atoms with Gasteiger partial charge >= 0.3 is 0 Å². The Morgan fingerprint density at radius 2 is 2.27 bits per heavy atom. The third-order valence-electron chi connectivity index (χ3n) is 2.42. The van der Waals surface area contributed by atoms with Crippen molar-refractivity contribution < 1.29 is 9.21 Å². The van der Waals surface area contributed by atoms with Crippen molar-refractivity contribution >= 4 is 5.91 Å². The molecule has 1 atom stereocenters. The number of furan rings is 1. The van der Waals surface area contributed by atoms with Gasteiger partial charge in [0.05, 0.1) is 6.26 Å². The van der Waals surface area contributed by atoms with Gasteiger partial charge in [-0.25, -0.2) is 0 Å². The molecular weight excluding hydrogens is 192 g/mol. The molecule has 4 heteroatoms. The zero-order chi connectivity index (χ0) is 11.4. The predicted octanol–water partition coefficient (Wildman–Crippen LogP) is 1.30. The Morgan fingerprint density at radius 1 is 1.60 bits per heavy atom. The molecule has 0 fully saturated rings. The number of nitrogens with two attached hydrogens (primary N) is 1. The molecule has 15 heavy (non-hydrogen) atoms. The monoisotopic (exact) mass is 210 g/mol. The largest absolute Gasteiger partial charge is 0.459 e. The molecular formula is C11H18N2O2. The van der Waals surface area contributed by atoms with Gasteiger partial charge in [0.2, 0.25) is 0 Å². The smallest absolute Gasteiger partial charge is 0.287 e. The summed E-state index contributed by atoms with van der Waals surface area (Å²) in [6.45, 7) is 6.35. The molecule has 1 rings (SSSR count). The molecule has 0 aliphatic carbocycles. The van der Waals surface area contributed by atoms with Gasteiger partial charge in [-0.2, -0.15) is 0 Å². The summed E-state index contributed by atoms with van der Waals surface area (Å²) < 4.78 is 5.07. The van der Waals surface area contributed by atoms with E-state index in [9.17, 15) is 4.79 Å². The lowest BCUT2D eigenvalue weighted by atomic mass is 10.1. The maximum absolute atomic E-state index is 11.6. The van der Waals surface area contributed by atoms with Gasteiger partial charge < -0.3 is 15.5 Å². The Balaban J connectivity index is 2.47. The Hall–Kier alpha value is -1.29. The van der Waals surface area contributed by atoms with Crippen LogP contribution >= 0.6 is 0 Å². The highest BCUT2D eigenvalue weighted by Crippen LogP contribution is 2.08. The third-order valence-corrected chi connectivity index (χ3v) is 2.42. The average Bonchev–Trinajstić information content (AvgIpc) is 2.60. The average molecular weight is 210 g/mol. The molecule has 0 spiro atoms. The fourth-order valence-electron chi connectivity index (χ4n) is 1.13. The van der Waals surface area contributed by atoms with Crippen LogP contribution in [0.3, 0.4) is 0 Å². The van der Waals surface area contributed by atoms with E-state index in [1.54, 1.807) is 6.07 Å². The van der Waals surface area contributed by atoms with Crippen molar-refractivity contribution in [3.8, 4) is 0 Å². The number of hydrogen-bond donors (Lipinski definition) is 2. The Kier molecular flexibility index (Phi) is 3.91. The van der Waals surface area contributed by atoms with Crippen molar-refractivity contribution in [3.05, 3.63) is 23.7 Å². The molecule has 84 valence electrons. The molecule has 0 radical (unpaired) electrons. The van der Waals surface area contributed by atoms with E-state index >= 15 is 0 Å². The Bertz CT molecular complexity index is 331. The first-order chi connectivity index (χ1) is 7.02. The molecule has 4 nitrogen and oxygen atoms in total. The van der Waals surface area contributed by atoms with Gasteiger partial charge in [-0.15, -0.1) is 0 Å². The highest BCUT2D eigenvalue weighted by Gasteiger charge is 2.14. The van der Waals surface area contributed by atoms with E-state index in [-0.39, 0.29) is 11.9 Å². The van der Waals surface area contributed by atoms with Crippen LogP contribution in [0.4, 0.5) is 0 Å². The van der Waals surface area contributed by atoms with E-state index in [2.05, 4.69) is 5.32 Å². The standard InChI is InChI=1S/C11H18N2O2/c1-7(2)9(12)6-13-11(14)10-8(3)4-5-15-10/h4-5,7,9H,6,12H2,1-3H3,(H,13,14). The summed E-state index contributed by atoms with van der Waals surface area (Å²) in [6, 6.07) is 1.74. The molecule has 3 N–H and O–H groups in total. The summed E-state index contributed by atoms with van der Waals surface area (Å²) in [5, 5.41) is 2.75. The minimum atomic E-state index is -0.200. The SMILES string of the molecule is Cc1ccoc1C(=O)NCC(N)C(C)C. The van der Waals surface area contributed by atoms with Gasteiger partial charge in [0.15, 0.2) is 5.76 Å². The Labute approximate surface area is 89.8 Å². The summed E-state index contributed by atoms with van der Waals surface area (Å²) in [4.78, 5) is 11.6. The van der Waals surface area contributed by atoms with Crippen molar-refractivity contribution in [2.45, 2.75) is 26.8 Å². The van der Waals surface area contributed by atoms with Gasteiger partial charge in [0.25, 0.3) is 5.91 Å². The van der Waals surface area contributed by atoms with Crippen molar-refractivity contribution in [3.63, 3.8) is 0 Å². The zero-order valence-corrected chi connectivity index (χ0v) is 9.41. The maximum atomic E-state index is 11.6. The first-order valence-electron chi connectivity index (χ1n) is 5.10. The van der Waals surface area contributed by atoms with E-state index in [1.807, 2.05) is 20.8 Å². The van der Waals surface area contributed by atoms with Crippen LogP contribution in [0.2, 0.25) is 0 Å². The predicted molar refractivity (Wildman–Crippen MR) is 58.6 cm³/mol. The number of nitrogens with one attached hydrogen (secondary N) is 1. The molecule has 0 saturated carbocycles. The summed E-state index contributed by atoms with van der Waals surface area (Å²) in [5.74, 6) is 0.516. The van der Waals surface area contributed by atoms with Crippen molar-refractivity contribution in [2.75, 3.05) is 6.54 Å². The molecule has 1 unspecified atom stereocenters. The number of hydrogen-bond acceptors (Lipinski definition) is 3. The second-order valence-corrected chi connectivity index (χ2v) is 4.05. The summed E-state index contributed by atoms with van der Waals surface area (Å²) >= 11 is 0. The number of aryl methyl sites for hydroxylation is 1. The first-order valence-corrected chi connectivity index (χ1v) is 5.10. The summed E-state index contributed by atoms with van der Waals surface area (Å²) in [6.07, 6.45) is 1.51. The second-order valence-electron chi connectivity index (χ2n) is 4.05. The van der Waals surface area contributed by atoms with Crippen molar-refractivity contribution in [1.82, 2.24) is 5.32 Å². The second kappa shape index (κ2) is 4.98. The van der Waals surface area contributed by atoms with Crippen LogP contribution in [-0.4, -0.2) is 18.5 Å². The minimum absolute atomic E-state index is 0.0239. The maximum Gasteiger partial charge on any atom is 0.287 e.